The van der Waals surface area contributed by atoms with Crippen LogP contribution in [0.15, 0.2) is 60.8 Å². The standard InChI is InChI=1S/C21H19F2N5O/c22-15-5-1-3-7-17(15)25-21-24-10-9-18(26-21)20(29)28-13-11-27(12-14-28)19-8-4-2-6-16(19)23/h1-10H,11-14H2,(H,24,25,26). The van der Waals surface area contributed by atoms with Crippen LogP contribution in [0.3, 0.4) is 0 Å². The van der Waals surface area contributed by atoms with Crippen molar-refractivity contribution < 1.29 is 13.6 Å². The topological polar surface area (TPSA) is 61.4 Å². The first-order valence-corrected chi connectivity index (χ1v) is 9.25. The number of piperazine rings is 1. The molecule has 8 heteroatoms. The highest BCUT2D eigenvalue weighted by Gasteiger charge is 2.24. The van der Waals surface area contributed by atoms with Crippen molar-refractivity contribution in [1.82, 2.24) is 14.9 Å². The van der Waals surface area contributed by atoms with Gasteiger partial charge in [-0.2, -0.15) is 0 Å². The van der Waals surface area contributed by atoms with Gasteiger partial charge in [0.2, 0.25) is 5.95 Å². The average molecular weight is 395 g/mol. The molecule has 1 aliphatic rings. The Kier molecular flexibility index (Phi) is 5.33. The number of nitrogens with zero attached hydrogens (tertiary/aromatic N) is 4. The number of benzene rings is 2. The summed E-state index contributed by atoms with van der Waals surface area (Å²) in [6.07, 6.45) is 1.46. The summed E-state index contributed by atoms with van der Waals surface area (Å²) in [5.41, 5.74) is 0.992. The van der Waals surface area contributed by atoms with Crippen molar-refractivity contribution in [3.8, 4) is 0 Å². The van der Waals surface area contributed by atoms with Gasteiger partial charge in [-0.15, -0.1) is 0 Å². The normalized spacial score (nSPS) is 14.0. The Hall–Kier alpha value is -3.55. The van der Waals surface area contributed by atoms with Crippen molar-refractivity contribution in [1.29, 1.82) is 0 Å². The van der Waals surface area contributed by atoms with Crippen LogP contribution in [0.1, 0.15) is 10.5 Å². The molecule has 29 heavy (non-hydrogen) atoms. The fourth-order valence-corrected chi connectivity index (χ4v) is 3.24. The van der Waals surface area contributed by atoms with Gasteiger partial charge in [0.05, 0.1) is 11.4 Å². The molecule has 0 bridgehead atoms. The Balaban J connectivity index is 1.43. The maximum Gasteiger partial charge on any atom is 0.272 e. The third kappa shape index (κ3) is 4.16. The van der Waals surface area contributed by atoms with Crippen LogP contribution in [-0.4, -0.2) is 47.0 Å². The summed E-state index contributed by atoms with van der Waals surface area (Å²) in [6.45, 7) is 1.96. The van der Waals surface area contributed by atoms with Crippen molar-refractivity contribution in [2.24, 2.45) is 0 Å². The minimum Gasteiger partial charge on any atom is -0.366 e. The van der Waals surface area contributed by atoms with Crippen molar-refractivity contribution in [3.05, 3.63) is 78.1 Å². The molecule has 0 saturated carbocycles. The third-order valence-corrected chi connectivity index (χ3v) is 4.76. The number of nitrogens with one attached hydrogen (secondary N) is 1. The van der Waals surface area contributed by atoms with Gasteiger partial charge in [-0.1, -0.05) is 24.3 Å². The fraction of sp³-hybridized carbons (Fsp3) is 0.190. The Bertz CT molecular complexity index is 1020. The highest BCUT2D eigenvalue weighted by atomic mass is 19.1. The maximum atomic E-state index is 14.0. The minimum atomic E-state index is -0.433. The second-order valence-electron chi connectivity index (χ2n) is 6.60. The maximum absolute atomic E-state index is 14.0. The van der Waals surface area contributed by atoms with E-state index in [1.54, 1.807) is 41.3 Å². The van der Waals surface area contributed by atoms with Gasteiger partial charge >= 0.3 is 0 Å². The van der Waals surface area contributed by atoms with Crippen LogP contribution in [0.2, 0.25) is 0 Å². The lowest BCUT2D eigenvalue weighted by atomic mass is 10.2. The SMILES string of the molecule is O=C(c1ccnc(Nc2ccccc2F)n1)N1CCN(c2ccccc2F)CC1. The molecule has 1 aliphatic heterocycles. The lowest BCUT2D eigenvalue weighted by Crippen LogP contribution is -2.49. The summed E-state index contributed by atoms with van der Waals surface area (Å²) in [5, 5.41) is 2.79. The van der Waals surface area contributed by atoms with Crippen molar-refractivity contribution in [2.75, 3.05) is 36.4 Å². The zero-order valence-corrected chi connectivity index (χ0v) is 15.6. The summed E-state index contributed by atoms with van der Waals surface area (Å²) in [5.74, 6) is -0.799. The van der Waals surface area contributed by atoms with E-state index in [2.05, 4.69) is 15.3 Å². The molecule has 0 atom stereocenters. The minimum absolute atomic E-state index is 0.144. The van der Waals surface area contributed by atoms with Crippen molar-refractivity contribution in [3.63, 3.8) is 0 Å². The number of carbonyl (C=O) groups is 1. The Morgan fingerprint density at radius 1 is 0.897 bits per heavy atom. The highest BCUT2D eigenvalue weighted by Crippen LogP contribution is 2.21. The average Bonchev–Trinajstić information content (AvgIpc) is 2.76. The van der Waals surface area contributed by atoms with Gasteiger partial charge in [0.1, 0.15) is 17.3 Å². The second-order valence-corrected chi connectivity index (χ2v) is 6.60. The summed E-state index contributed by atoms with van der Waals surface area (Å²) >= 11 is 0. The second kappa shape index (κ2) is 8.22. The summed E-state index contributed by atoms with van der Waals surface area (Å²) in [6, 6.07) is 14.3. The number of hydrogen-bond acceptors (Lipinski definition) is 5. The molecule has 0 spiro atoms. The molecule has 1 aromatic heterocycles. The molecule has 1 N–H and O–H groups in total. The number of carbonyl (C=O) groups excluding carboxylic acids is 1. The molecule has 1 saturated heterocycles. The van der Waals surface area contributed by atoms with Crippen molar-refractivity contribution in [2.45, 2.75) is 0 Å². The smallest absolute Gasteiger partial charge is 0.272 e. The first kappa shape index (κ1) is 18.8. The molecule has 0 unspecified atom stereocenters. The van der Waals surface area contributed by atoms with E-state index < -0.39 is 5.82 Å². The molecule has 3 aromatic rings. The van der Waals surface area contributed by atoms with Crippen LogP contribution in [-0.2, 0) is 0 Å². The number of anilines is 3. The van der Waals surface area contributed by atoms with Crippen LogP contribution >= 0.6 is 0 Å². The van der Waals surface area contributed by atoms with E-state index >= 15 is 0 Å². The van der Waals surface area contributed by atoms with Gasteiger partial charge < -0.3 is 15.1 Å². The van der Waals surface area contributed by atoms with E-state index in [0.717, 1.165) is 0 Å². The first-order chi connectivity index (χ1) is 14.1. The van der Waals surface area contributed by atoms with E-state index in [1.165, 1.54) is 24.4 Å². The predicted octanol–water partition coefficient (Wildman–Crippen LogP) is 3.46. The number of rotatable bonds is 4. The summed E-state index contributed by atoms with van der Waals surface area (Å²) in [4.78, 5) is 24.7. The molecule has 0 aliphatic carbocycles. The molecular weight excluding hydrogens is 376 g/mol. The third-order valence-electron chi connectivity index (χ3n) is 4.76. The fourth-order valence-electron chi connectivity index (χ4n) is 3.24. The number of amides is 1. The number of halogens is 2. The molecule has 2 heterocycles. The number of para-hydroxylation sites is 2. The molecule has 1 amide bonds. The Labute approximate surface area is 166 Å². The Morgan fingerprint density at radius 2 is 1.59 bits per heavy atom. The van der Waals surface area contributed by atoms with Crippen molar-refractivity contribution >= 4 is 23.2 Å². The molecular formula is C21H19F2N5O. The van der Waals surface area contributed by atoms with Crippen LogP contribution in [0, 0.1) is 11.6 Å². The van der Waals surface area contributed by atoms with Gasteiger partial charge in [-0.3, -0.25) is 4.79 Å². The zero-order chi connectivity index (χ0) is 20.2. The van der Waals surface area contributed by atoms with Crippen LogP contribution in [0.4, 0.5) is 26.1 Å². The van der Waals surface area contributed by atoms with Gasteiger partial charge in [-0.05, 0) is 30.3 Å². The largest absolute Gasteiger partial charge is 0.366 e. The van der Waals surface area contributed by atoms with E-state index in [0.29, 0.717) is 31.9 Å². The molecule has 148 valence electrons. The predicted molar refractivity (Wildman–Crippen MR) is 106 cm³/mol. The van der Waals surface area contributed by atoms with E-state index in [9.17, 15) is 13.6 Å². The monoisotopic (exact) mass is 395 g/mol. The zero-order valence-electron chi connectivity index (χ0n) is 15.6. The van der Waals surface area contributed by atoms with E-state index in [1.807, 2.05) is 4.90 Å². The number of aromatic nitrogens is 2. The highest BCUT2D eigenvalue weighted by molar-refractivity contribution is 5.92. The molecule has 4 rings (SSSR count). The quantitative estimate of drug-likeness (QED) is 0.733. The molecule has 2 aromatic carbocycles. The first-order valence-electron chi connectivity index (χ1n) is 9.25. The molecule has 6 nitrogen and oxygen atoms in total. The van der Waals surface area contributed by atoms with E-state index in [-0.39, 0.29) is 29.1 Å². The van der Waals surface area contributed by atoms with Gasteiger partial charge in [0.15, 0.2) is 0 Å². The summed E-state index contributed by atoms with van der Waals surface area (Å²) < 4.78 is 27.8. The lowest BCUT2D eigenvalue weighted by Gasteiger charge is -2.36. The Morgan fingerprint density at radius 3 is 2.31 bits per heavy atom. The van der Waals surface area contributed by atoms with Crippen LogP contribution in [0.5, 0.6) is 0 Å². The van der Waals surface area contributed by atoms with Crippen LogP contribution in [0.25, 0.3) is 0 Å². The van der Waals surface area contributed by atoms with Crippen LogP contribution < -0.4 is 10.2 Å². The molecule has 0 radical (unpaired) electrons. The summed E-state index contributed by atoms with van der Waals surface area (Å²) in [7, 11) is 0. The van der Waals surface area contributed by atoms with Gasteiger partial charge in [-0.25, -0.2) is 18.7 Å². The molecule has 1 fully saturated rings. The number of hydrogen-bond donors (Lipinski definition) is 1. The van der Waals surface area contributed by atoms with Gasteiger partial charge in [0.25, 0.3) is 5.91 Å². The lowest BCUT2D eigenvalue weighted by molar-refractivity contribution is 0.0740. The van der Waals surface area contributed by atoms with Gasteiger partial charge in [0, 0.05) is 32.4 Å². The van der Waals surface area contributed by atoms with E-state index in [4.69, 9.17) is 0 Å².